The first-order valence-electron chi connectivity index (χ1n) is 7.00. The van der Waals surface area contributed by atoms with Gasteiger partial charge in [0.1, 0.15) is 0 Å². The highest BCUT2D eigenvalue weighted by Crippen LogP contribution is 2.38. The lowest BCUT2D eigenvalue weighted by Crippen LogP contribution is -2.17. The Morgan fingerprint density at radius 2 is 1.90 bits per heavy atom. The zero-order chi connectivity index (χ0) is 13.5. The average molecular weight is 261 g/mol. The fourth-order valence-corrected chi connectivity index (χ4v) is 3.15. The summed E-state index contributed by atoms with van der Waals surface area (Å²) in [7, 11) is 0. The Labute approximate surface area is 117 Å². The van der Waals surface area contributed by atoms with Gasteiger partial charge in [-0.2, -0.15) is 0 Å². The van der Waals surface area contributed by atoms with Crippen molar-refractivity contribution in [2.24, 2.45) is 11.8 Å². The van der Waals surface area contributed by atoms with E-state index in [9.17, 15) is 4.79 Å². The van der Waals surface area contributed by atoms with Crippen LogP contribution in [0.2, 0.25) is 0 Å². The summed E-state index contributed by atoms with van der Waals surface area (Å²) >= 11 is 0. The fourth-order valence-electron chi connectivity index (χ4n) is 3.15. The van der Waals surface area contributed by atoms with E-state index in [1.165, 1.54) is 5.39 Å². The molecule has 2 bridgehead atoms. The molecule has 2 unspecified atom stereocenters. The maximum atomic E-state index is 12.3. The van der Waals surface area contributed by atoms with E-state index in [-0.39, 0.29) is 5.91 Å². The number of carbonyl (C=O) groups excluding carboxylic acids is 1. The maximum absolute atomic E-state index is 12.3. The zero-order valence-electron chi connectivity index (χ0n) is 11.0. The number of amides is 1. The molecule has 0 fully saturated rings. The Kier molecular flexibility index (Phi) is 2.49. The second-order valence-electron chi connectivity index (χ2n) is 5.53. The highest BCUT2D eigenvalue weighted by atomic mass is 16.1. The number of fused-ring (bicyclic) bond motifs is 3. The lowest BCUT2D eigenvalue weighted by molar-refractivity contribution is -0.113. The number of rotatable bonds is 2. The van der Waals surface area contributed by atoms with Crippen LogP contribution in [0.3, 0.4) is 0 Å². The number of nitrogens with one attached hydrogen (secondary N) is 1. The Hall–Kier alpha value is -2.35. The molecule has 0 aromatic heterocycles. The standard InChI is InChI=1S/C18H15NO/c20-18(17-10-12-5-6-15(17)9-12)19-16-8-7-13-3-1-2-4-14(13)11-16/h1-8,10-12,15H,9H2,(H,19,20). The first-order valence-corrected chi connectivity index (χ1v) is 7.00. The highest BCUT2D eigenvalue weighted by Gasteiger charge is 2.31. The van der Waals surface area contributed by atoms with Gasteiger partial charge in [-0.25, -0.2) is 0 Å². The molecule has 2 atom stereocenters. The van der Waals surface area contributed by atoms with E-state index in [0.717, 1.165) is 23.1 Å². The molecule has 0 radical (unpaired) electrons. The van der Waals surface area contributed by atoms with Crippen molar-refractivity contribution in [3.05, 3.63) is 66.3 Å². The number of benzene rings is 2. The number of hydrogen-bond donors (Lipinski definition) is 1. The Bertz CT molecular complexity index is 757. The third-order valence-electron chi connectivity index (χ3n) is 4.18. The molecule has 0 spiro atoms. The van der Waals surface area contributed by atoms with E-state index >= 15 is 0 Å². The van der Waals surface area contributed by atoms with Crippen molar-refractivity contribution >= 4 is 22.4 Å². The molecule has 2 aromatic carbocycles. The predicted octanol–water partition coefficient (Wildman–Crippen LogP) is 3.91. The van der Waals surface area contributed by atoms with Gasteiger partial charge in [0.05, 0.1) is 0 Å². The predicted molar refractivity (Wildman–Crippen MR) is 81.4 cm³/mol. The molecule has 0 saturated carbocycles. The molecular weight excluding hydrogens is 246 g/mol. The van der Waals surface area contributed by atoms with Gasteiger partial charge >= 0.3 is 0 Å². The minimum atomic E-state index is 0.0390. The number of carbonyl (C=O) groups is 1. The number of allylic oxidation sites excluding steroid dienone is 3. The highest BCUT2D eigenvalue weighted by molar-refractivity contribution is 6.05. The van der Waals surface area contributed by atoms with Gasteiger partial charge in [-0.15, -0.1) is 0 Å². The molecule has 2 aliphatic carbocycles. The van der Waals surface area contributed by atoms with E-state index < -0.39 is 0 Å². The molecule has 4 rings (SSSR count). The summed E-state index contributed by atoms with van der Waals surface area (Å²) in [5.74, 6) is 0.829. The number of hydrogen-bond acceptors (Lipinski definition) is 1. The van der Waals surface area contributed by atoms with Gasteiger partial charge in [0.2, 0.25) is 0 Å². The van der Waals surface area contributed by atoms with Gasteiger partial charge in [-0.05, 0) is 35.2 Å². The third kappa shape index (κ3) is 1.85. The average Bonchev–Trinajstić information content (AvgIpc) is 3.10. The summed E-state index contributed by atoms with van der Waals surface area (Å²) in [6, 6.07) is 14.2. The van der Waals surface area contributed by atoms with Gasteiger partial charge in [0.15, 0.2) is 0 Å². The van der Waals surface area contributed by atoms with E-state index in [1.54, 1.807) is 0 Å². The van der Waals surface area contributed by atoms with E-state index in [2.05, 4.69) is 35.7 Å². The zero-order valence-corrected chi connectivity index (χ0v) is 11.0. The van der Waals surface area contributed by atoms with Crippen molar-refractivity contribution in [2.75, 3.05) is 5.32 Å². The van der Waals surface area contributed by atoms with Crippen LogP contribution < -0.4 is 5.32 Å². The van der Waals surface area contributed by atoms with Crippen molar-refractivity contribution in [2.45, 2.75) is 6.42 Å². The molecule has 2 nitrogen and oxygen atoms in total. The SMILES string of the molecule is O=C(Nc1ccc2ccccc2c1)C1=CC2C=CC1C2. The van der Waals surface area contributed by atoms with E-state index in [0.29, 0.717) is 11.8 Å². The lowest BCUT2D eigenvalue weighted by atomic mass is 10.0. The minimum absolute atomic E-state index is 0.0390. The summed E-state index contributed by atoms with van der Waals surface area (Å²) in [4.78, 5) is 12.3. The molecule has 0 aliphatic heterocycles. The van der Waals surface area contributed by atoms with Gasteiger partial charge in [0.25, 0.3) is 5.91 Å². The minimum Gasteiger partial charge on any atom is -0.322 e. The van der Waals surface area contributed by atoms with E-state index in [4.69, 9.17) is 0 Å². The van der Waals surface area contributed by atoms with Crippen LogP contribution in [0, 0.1) is 11.8 Å². The van der Waals surface area contributed by atoms with Crippen molar-refractivity contribution in [1.82, 2.24) is 0 Å². The second-order valence-corrected chi connectivity index (χ2v) is 5.53. The molecule has 1 N–H and O–H groups in total. The second kappa shape index (κ2) is 4.34. The molecule has 2 heteroatoms. The van der Waals surface area contributed by atoms with Crippen molar-refractivity contribution in [3.8, 4) is 0 Å². The van der Waals surface area contributed by atoms with Crippen LogP contribution in [-0.2, 0) is 4.79 Å². The summed E-state index contributed by atoms with van der Waals surface area (Å²) in [5.41, 5.74) is 1.78. The van der Waals surface area contributed by atoms with Crippen LogP contribution in [0.15, 0.2) is 66.3 Å². The normalized spacial score (nSPS) is 23.1. The van der Waals surface area contributed by atoms with Crippen molar-refractivity contribution < 1.29 is 4.79 Å². The molecule has 2 aromatic rings. The molecule has 0 heterocycles. The quantitative estimate of drug-likeness (QED) is 0.816. The van der Waals surface area contributed by atoms with Crippen LogP contribution in [-0.4, -0.2) is 5.91 Å². The third-order valence-corrected chi connectivity index (χ3v) is 4.18. The smallest absolute Gasteiger partial charge is 0.251 e. The summed E-state index contributed by atoms with van der Waals surface area (Å²) in [5, 5.41) is 5.35. The van der Waals surface area contributed by atoms with E-state index in [1.807, 2.05) is 30.3 Å². The van der Waals surface area contributed by atoms with Crippen molar-refractivity contribution in [3.63, 3.8) is 0 Å². The van der Waals surface area contributed by atoms with Crippen LogP contribution in [0.25, 0.3) is 10.8 Å². The summed E-state index contributed by atoms with van der Waals surface area (Å²) in [6.45, 7) is 0. The van der Waals surface area contributed by atoms with Crippen LogP contribution in [0.4, 0.5) is 5.69 Å². The lowest BCUT2D eigenvalue weighted by Gasteiger charge is -2.11. The number of anilines is 1. The monoisotopic (exact) mass is 261 g/mol. The fraction of sp³-hybridized carbons (Fsp3) is 0.167. The van der Waals surface area contributed by atoms with Crippen LogP contribution in [0.5, 0.6) is 0 Å². The van der Waals surface area contributed by atoms with Gasteiger partial charge in [-0.3, -0.25) is 4.79 Å². The molecule has 20 heavy (non-hydrogen) atoms. The largest absolute Gasteiger partial charge is 0.322 e. The van der Waals surface area contributed by atoms with Gasteiger partial charge < -0.3 is 5.32 Å². The van der Waals surface area contributed by atoms with Gasteiger partial charge in [-0.1, -0.05) is 48.6 Å². The Morgan fingerprint density at radius 3 is 2.65 bits per heavy atom. The topological polar surface area (TPSA) is 29.1 Å². The summed E-state index contributed by atoms with van der Waals surface area (Å²) in [6.07, 6.45) is 7.51. The maximum Gasteiger partial charge on any atom is 0.251 e. The van der Waals surface area contributed by atoms with Crippen LogP contribution in [0.1, 0.15) is 6.42 Å². The van der Waals surface area contributed by atoms with Crippen molar-refractivity contribution in [1.29, 1.82) is 0 Å². The summed E-state index contributed by atoms with van der Waals surface area (Å²) < 4.78 is 0. The molecule has 2 aliphatic rings. The van der Waals surface area contributed by atoms with Crippen LogP contribution >= 0.6 is 0 Å². The first-order chi connectivity index (χ1) is 9.79. The Morgan fingerprint density at radius 1 is 1.05 bits per heavy atom. The molecule has 0 saturated heterocycles. The first kappa shape index (κ1) is 11.5. The Balaban J connectivity index is 1.58. The molecular formula is C18H15NO. The molecule has 98 valence electrons. The van der Waals surface area contributed by atoms with Gasteiger partial charge in [0, 0.05) is 17.2 Å². The molecule has 1 amide bonds.